The lowest BCUT2D eigenvalue weighted by molar-refractivity contribution is 0.598. The van der Waals surface area contributed by atoms with Gasteiger partial charge in [-0.05, 0) is 37.6 Å². The molecule has 0 spiro atoms. The molecule has 3 N–H and O–H groups in total. The van der Waals surface area contributed by atoms with Gasteiger partial charge in [-0.15, -0.1) is 0 Å². The van der Waals surface area contributed by atoms with Crippen LogP contribution in [0.1, 0.15) is 20.3 Å². The summed E-state index contributed by atoms with van der Waals surface area (Å²) in [5.41, 5.74) is 0.900. The molecule has 4 nitrogen and oxygen atoms in total. The maximum Gasteiger partial charge on any atom is 0.238 e. The highest BCUT2D eigenvalue weighted by Crippen LogP contribution is 2.13. The standard InChI is InChI=1S/C10H16N2O2S/c1-3-8(2)12-9-4-6-10(7-5-9)15(11,13)14/h4-8,12H,3H2,1-2H3,(H2,11,13,14). The van der Waals surface area contributed by atoms with Gasteiger partial charge in [0.15, 0.2) is 0 Å². The Balaban J connectivity index is 2.82. The van der Waals surface area contributed by atoms with Crippen LogP contribution in [0.25, 0.3) is 0 Å². The quantitative estimate of drug-likeness (QED) is 0.821. The normalized spacial score (nSPS) is 13.5. The third-order valence-corrected chi connectivity index (χ3v) is 3.14. The van der Waals surface area contributed by atoms with Crippen LogP contribution in [0.2, 0.25) is 0 Å². The van der Waals surface area contributed by atoms with Crippen LogP contribution in [0, 0.1) is 0 Å². The number of sulfonamides is 1. The molecule has 0 heterocycles. The Morgan fingerprint density at radius 2 is 1.87 bits per heavy atom. The van der Waals surface area contributed by atoms with E-state index in [9.17, 15) is 8.42 Å². The number of anilines is 1. The fourth-order valence-corrected chi connectivity index (χ4v) is 1.64. The Morgan fingerprint density at radius 1 is 1.33 bits per heavy atom. The van der Waals surface area contributed by atoms with Gasteiger partial charge < -0.3 is 5.32 Å². The average Bonchev–Trinajstić information content (AvgIpc) is 2.17. The van der Waals surface area contributed by atoms with Crippen LogP contribution in [0.4, 0.5) is 5.69 Å². The molecule has 5 heteroatoms. The van der Waals surface area contributed by atoms with Crippen LogP contribution >= 0.6 is 0 Å². The van der Waals surface area contributed by atoms with E-state index in [1.165, 1.54) is 12.1 Å². The molecule has 15 heavy (non-hydrogen) atoms. The fourth-order valence-electron chi connectivity index (χ4n) is 1.13. The summed E-state index contributed by atoms with van der Waals surface area (Å²) in [4.78, 5) is 0.136. The van der Waals surface area contributed by atoms with Gasteiger partial charge in [0.05, 0.1) is 4.90 Å². The minimum Gasteiger partial charge on any atom is -0.383 e. The predicted molar refractivity (Wildman–Crippen MR) is 61.2 cm³/mol. The summed E-state index contributed by atoms with van der Waals surface area (Å²) >= 11 is 0. The zero-order chi connectivity index (χ0) is 11.5. The minimum absolute atomic E-state index is 0.136. The zero-order valence-corrected chi connectivity index (χ0v) is 9.71. The molecule has 1 aromatic carbocycles. The van der Waals surface area contributed by atoms with Crippen molar-refractivity contribution in [2.75, 3.05) is 5.32 Å². The van der Waals surface area contributed by atoms with Gasteiger partial charge in [-0.1, -0.05) is 6.92 Å². The molecule has 0 aliphatic carbocycles. The largest absolute Gasteiger partial charge is 0.383 e. The monoisotopic (exact) mass is 228 g/mol. The van der Waals surface area contributed by atoms with Crippen LogP contribution in [-0.2, 0) is 10.0 Å². The molecular formula is C10H16N2O2S. The molecule has 0 saturated heterocycles. The van der Waals surface area contributed by atoms with Crippen molar-refractivity contribution >= 4 is 15.7 Å². The smallest absolute Gasteiger partial charge is 0.238 e. The molecule has 1 atom stereocenters. The fraction of sp³-hybridized carbons (Fsp3) is 0.400. The van der Waals surface area contributed by atoms with Crippen LogP contribution < -0.4 is 10.5 Å². The van der Waals surface area contributed by atoms with E-state index in [1.807, 2.05) is 0 Å². The van der Waals surface area contributed by atoms with Gasteiger partial charge in [0.1, 0.15) is 0 Å². The molecule has 0 bridgehead atoms. The van der Waals surface area contributed by atoms with Crippen LogP contribution in [-0.4, -0.2) is 14.5 Å². The molecule has 0 saturated carbocycles. The number of hydrogen-bond donors (Lipinski definition) is 2. The Bertz CT molecular complexity index is 412. The Morgan fingerprint density at radius 3 is 2.27 bits per heavy atom. The van der Waals surface area contributed by atoms with E-state index in [1.54, 1.807) is 12.1 Å². The van der Waals surface area contributed by atoms with Gasteiger partial charge in [-0.3, -0.25) is 0 Å². The van der Waals surface area contributed by atoms with Gasteiger partial charge in [-0.25, -0.2) is 13.6 Å². The van der Waals surface area contributed by atoms with Crippen molar-refractivity contribution < 1.29 is 8.42 Å². The molecule has 0 radical (unpaired) electrons. The molecule has 1 rings (SSSR count). The van der Waals surface area contributed by atoms with E-state index in [0.29, 0.717) is 6.04 Å². The van der Waals surface area contributed by atoms with Crippen LogP contribution in [0.3, 0.4) is 0 Å². The Labute approximate surface area is 90.5 Å². The highest BCUT2D eigenvalue weighted by molar-refractivity contribution is 7.89. The lowest BCUT2D eigenvalue weighted by Crippen LogP contribution is -2.14. The van der Waals surface area contributed by atoms with Crippen molar-refractivity contribution in [3.8, 4) is 0 Å². The lowest BCUT2D eigenvalue weighted by atomic mass is 10.2. The van der Waals surface area contributed by atoms with E-state index in [2.05, 4.69) is 19.2 Å². The van der Waals surface area contributed by atoms with Crippen molar-refractivity contribution in [1.82, 2.24) is 0 Å². The number of hydrogen-bond acceptors (Lipinski definition) is 3. The molecule has 1 unspecified atom stereocenters. The number of nitrogens with one attached hydrogen (secondary N) is 1. The van der Waals surface area contributed by atoms with E-state index in [4.69, 9.17) is 5.14 Å². The number of benzene rings is 1. The molecule has 84 valence electrons. The first-order valence-corrected chi connectivity index (χ1v) is 6.37. The van der Waals surface area contributed by atoms with Crippen molar-refractivity contribution in [2.24, 2.45) is 5.14 Å². The van der Waals surface area contributed by atoms with Crippen molar-refractivity contribution in [1.29, 1.82) is 0 Å². The number of primary sulfonamides is 1. The van der Waals surface area contributed by atoms with E-state index >= 15 is 0 Å². The minimum atomic E-state index is -3.58. The van der Waals surface area contributed by atoms with Crippen LogP contribution in [0.5, 0.6) is 0 Å². The van der Waals surface area contributed by atoms with E-state index < -0.39 is 10.0 Å². The molecule has 0 fully saturated rings. The molecule has 0 aromatic heterocycles. The predicted octanol–water partition coefficient (Wildman–Crippen LogP) is 1.54. The Kier molecular flexibility index (Phi) is 3.71. The molecule has 0 amide bonds. The first-order valence-electron chi connectivity index (χ1n) is 4.83. The van der Waals surface area contributed by atoms with Crippen molar-refractivity contribution in [2.45, 2.75) is 31.2 Å². The summed E-state index contributed by atoms with van der Waals surface area (Å²) in [7, 11) is -3.58. The zero-order valence-electron chi connectivity index (χ0n) is 8.90. The third-order valence-electron chi connectivity index (χ3n) is 2.21. The summed E-state index contributed by atoms with van der Waals surface area (Å²) in [6.07, 6.45) is 1.01. The molecule has 0 aliphatic rings. The van der Waals surface area contributed by atoms with E-state index in [-0.39, 0.29) is 4.90 Å². The van der Waals surface area contributed by atoms with Crippen molar-refractivity contribution in [3.05, 3.63) is 24.3 Å². The van der Waals surface area contributed by atoms with Gasteiger partial charge in [0.2, 0.25) is 10.0 Å². The number of rotatable bonds is 4. The summed E-state index contributed by atoms with van der Waals surface area (Å²) < 4.78 is 22.0. The second-order valence-electron chi connectivity index (χ2n) is 3.52. The summed E-state index contributed by atoms with van der Waals surface area (Å²) in [5, 5.41) is 8.22. The van der Waals surface area contributed by atoms with Crippen molar-refractivity contribution in [3.63, 3.8) is 0 Å². The highest BCUT2D eigenvalue weighted by atomic mass is 32.2. The first kappa shape index (κ1) is 12.0. The van der Waals surface area contributed by atoms with Gasteiger partial charge in [0, 0.05) is 11.7 Å². The second-order valence-corrected chi connectivity index (χ2v) is 5.08. The number of nitrogens with two attached hydrogens (primary N) is 1. The highest BCUT2D eigenvalue weighted by Gasteiger charge is 2.06. The second kappa shape index (κ2) is 4.63. The topological polar surface area (TPSA) is 72.2 Å². The van der Waals surface area contributed by atoms with Gasteiger partial charge >= 0.3 is 0 Å². The third kappa shape index (κ3) is 3.53. The lowest BCUT2D eigenvalue weighted by Gasteiger charge is -2.12. The first-order chi connectivity index (χ1) is 6.93. The van der Waals surface area contributed by atoms with Gasteiger partial charge in [0.25, 0.3) is 0 Å². The molecule has 0 aliphatic heterocycles. The summed E-state index contributed by atoms with van der Waals surface area (Å²) in [6.45, 7) is 4.14. The maximum absolute atomic E-state index is 11.0. The molecule has 1 aromatic rings. The van der Waals surface area contributed by atoms with Gasteiger partial charge in [-0.2, -0.15) is 0 Å². The van der Waals surface area contributed by atoms with E-state index in [0.717, 1.165) is 12.1 Å². The summed E-state index contributed by atoms with van der Waals surface area (Å²) in [6, 6.07) is 6.79. The maximum atomic E-state index is 11.0. The SMILES string of the molecule is CCC(C)Nc1ccc(S(N)(=O)=O)cc1. The Hall–Kier alpha value is -1.07. The average molecular weight is 228 g/mol. The summed E-state index contributed by atoms with van der Waals surface area (Å²) in [5.74, 6) is 0. The molecular weight excluding hydrogens is 212 g/mol. The van der Waals surface area contributed by atoms with Crippen LogP contribution in [0.15, 0.2) is 29.2 Å².